The van der Waals surface area contributed by atoms with Crippen molar-refractivity contribution in [3.63, 3.8) is 0 Å². The van der Waals surface area contributed by atoms with Crippen molar-refractivity contribution in [2.45, 2.75) is 31.8 Å². The second-order valence-corrected chi connectivity index (χ2v) is 5.89. The number of carbonyl (C=O) groups is 1. The van der Waals surface area contributed by atoms with E-state index >= 15 is 0 Å². The molecular formula is C15H22ClN3O. The molecule has 1 atom stereocenters. The van der Waals surface area contributed by atoms with Gasteiger partial charge in [-0.25, -0.2) is 0 Å². The summed E-state index contributed by atoms with van der Waals surface area (Å²) >= 11 is 5.96. The number of hydrogen-bond donors (Lipinski definition) is 2. The normalized spacial score (nSPS) is 18.8. The predicted molar refractivity (Wildman–Crippen MR) is 81.7 cm³/mol. The molecule has 3 N–H and O–H groups in total. The predicted octanol–water partition coefficient (Wildman–Crippen LogP) is 1.94. The van der Waals surface area contributed by atoms with Crippen LogP contribution in [0.2, 0.25) is 5.02 Å². The number of likely N-dealkylation sites (tertiary alicyclic amines) is 1. The van der Waals surface area contributed by atoms with Crippen molar-refractivity contribution in [1.29, 1.82) is 0 Å². The zero-order chi connectivity index (χ0) is 14.5. The van der Waals surface area contributed by atoms with Crippen molar-refractivity contribution in [2.75, 3.05) is 19.6 Å². The van der Waals surface area contributed by atoms with E-state index in [0.29, 0.717) is 17.6 Å². The van der Waals surface area contributed by atoms with Gasteiger partial charge in [0, 0.05) is 24.2 Å². The van der Waals surface area contributed by atoms with Crippen LogP contribution in [0.15, 0.2) is 24.3 Å². The topological polar surface area (TPSA) is 58.4 Å². The Morgan fingerprint density at radius 2 is 2.20 bits per heavy atom. The van der Waals surface area contributed by atoms with Gasteiger partial charge in [0.15, 0.2) is 0 Å². The second-order valence-electron chi connectivity index (χ2n) is 5.46. The maximum Gasteiger partial charge on any atom is 0.234 e. The van der Waals surface area contributed by atoms with Crippen molar-refractivity contribution < 1.29 is 4.79 Å². The fourth-order valence-corrected chi connectivity index (χ4v) is 2.66. The number of carbonyl (C=O) groups excluding carboxylic acids is 1. The molecule has 0 bridgehead atoms. The highest BCUT2D eigenvalue weighted by Crippen LogP contribution is 2.17. The van der Waals surface area contributed by atoms with Crippen molar-refractivity contribution in [3.8, 4) is 0 Å². The van der Waals surface area contributed by atoms with Gasteiger partial charge in [-0.15, -0.1) is 0 Å². The van der Waals surface area contributed by atoms with Gasteiger partial charge in [0.05, 0.1) is 12.6 Å². The lowest BCUT2D eigenvalue weighted by Crippen LogP contribution is -2.44. The number of nitrogens with one attached hydrogen (secondary N) is 1. The molecule has 4 nitrogen and oxygen atoms in total. The van der Waals surface area contributed by atoms with Gasteiger partial charge in [0.1, 0.15) is 0 Å². The Morgan fingerprint density at radius 3 is 2.85 bits per heavy atom. The van der Waals surface area contributed by atoms with Gasteiger partial charge >= 0.3 is 0 Å². The molecule has 0 aromatic heterocycles. The molecule has 1 fully saturated rings. The lowest BCUT2D eigenvalue weighted by molar-refractivity contribution is -0.123. The fourth-order valence-electron chi connectivity index (χ4n) is 2.46. The van der Waals surface area contributed by atoms with E-state index in [1.54, 1.807) is 0 Å². The summed E-state index contributed by atoms with van der Waals surface area (Å²) in [4.78, 5) is 14.2. The zero-order valence-corrected chi connectivity index (χ0v) is 12.6. The minimum absolute atomic E-state index is 0.0340. The third kappa shape index (κ3) is 4.47. The smallest absolute Gasteiger partial charge is 0.234 e. The van der Waals surface area contributed by atoms with Gasteiger partial charge in [0.2, 0.25) is 5.91 Å². The average Bonchev–Trinajstić information content (AvgIpc) is 2.41. The number of benzene rings is 1. The summed E-state index contributed by atoms with van der Waals surface area (Å²) in [6, 6.07) is 7.83. The van der Waals surface area contributed by atoms with Gasteiger partial charge in [-0.1, -0.05) is 23.7 Å². The average molecular weight is 296 g/mol. The maximum atomic E-state index is 12.0. The molecule has 5 heteroatoms. The Morgan fingerprint density at radius 1 is 1.50 bits per heavy atom. The van der Waals surface area contributed by atoms with Gasteiger partial charge < -0.3 is 11.1 Å². The molecule has 1 aromatic carbocycles. The Kier molecular flexibility index (Phi) is 5.40. The molecule has 0 spiro atoms. The molecule has 0 saturated carbocycles. The number of piperidine rings is 1. The number of amides is 1. The minimum Gasteiger partial charge on any atom is -0.348 e. The van der Waals surface area contributed by atoms with Crippen molar-refractivity contribution in [2.24, 2.45) is 5.73 Å². The standard InChI is InChI=1S/C15H22ClN3O/c1-11(12-3-2-4-13(16)9-12)18-15(20)10-19-7-5-14(17)6-8-19/h2-4,9,11,14H,5-8,10,17H2,1H3,(H,18,20). The molecular weight excluding hydrogens is 274 g/mol. The molecule has 1 unspecified atom stereocenters. The maximum absolute atomic E-state index is 12.0. The molecule has 1 aromatic rings. The van der Waals surface area contributed by atoms with Crippen LogP contribution in [0.4, 0.5) is 0 Å². The molecule has 2 rings (SSSR count). The monoisotopic (exact) mass is 295 g/mol. The van der Waals surface area contributed by atoms with E-state index in [2.05, 4.69) is 10.2 Å². The van der Waals surface area contributed by atoms with Crippen LogP contribution in [-0.4, -0.2) is 36.5 Å². The van der Waals surface area contributed by atoms with Crippen LogP contribution >= 0.6 is 11.6 Å². The first-order chi connectivity index (χ1) is 9.54. The van der Waals surface area contributed by atoms with E-state index < -0.39 is 0 Å². The van der Waals surface area contributed by atoms with Crippen molar-refractivity contribution in [3.05, 3.63) is 34.9 Å². The number of nitrogens with zero attached hydrogens (tertiary/aromatic N) is 1. The lowest BCUT2D eigenvalue weighted by Gasteiger charge is -2.29. The molecule has 1 aliphatic rings. The number of hydrogen-bond acceptors (Lipinski definition) is 3. The Bertz CT molecular complexity index is 458. The first-order valence-electron chi connectivity index (χ1n) is 7.07. The van der Waals surface area contributed by atoms with Crippen LogP contribution in [0.5, 0.6) is 0 Å². The summed E-state index contributed by atoms with van der Waals surface area (Å²) < 4.78 is 0. The third-order valence-electron chi connectivity index (χ3n) is 3.73. The summed E-state index contributed by atoms with van der Waals surface area (Å²) in [5, 5.41) is 3.70. The lowest BCUT2D eigenvalue weighted by atomic mass is 10.1. The highest BCUT2D eigenvalue weighted by Gasteiger charge is 2.19. The van der Waals surface area contributed by atoms with Crippen molar-refractivity contribution >= 4 is 17.5 Å². The summed E-state index contributed by atoms with van der Waals surface area (Å²) in [6.07, 6.45) is 1.94. The summed E-state index contributed by atoms with van der Waals surface area (Å²) in [5.74, 6) is 0.0490. The van der Waals surface area contributed by atoms with E-state index in [9.17, 15) is 4.79 Å². The van der Waals surface area contributed by atoms with E-state index in [-0.39, 0.29) is 11.9 Å². The van der Waals surface area contributed by atoms with E-state index in [1.165, 1.54) is 0 Å². The number of nitrogens with two attached hydrogens (primary N) is 1. The highest BCUT2D eigenvalue weighted by atomic mass is 35.5. The SMILES string of the molecule is CC(NC(=O)CN1CCC(N)CC1)c1cccc(Cl)c1. The van der Waals surface area contributed by atoms with Crippen LogP contribution in [-0.2, 0) is 4.79 Å². The zero-order valence-electron chi connectivity index (χ0n) is 11.8. The second kappa shape index (κ2) is 7.07. The van der Waals surface area contributed by atoms with Gasteiger partial charge in [0.25, 0.3) is 0 Å². The molecule has 1 heterocycles. The molecule has 110 valence electrons. The molecule has 1 saturated heterocycles. The highest BCUT2D eigenvalue weighted by molar-refractivity contribution is 6.30. The quantitative estimate of drug-likeness (QED) is 0.892. The summed E-state index contributed by atoms with van der Waals surface area (Å²) in [5.41, 5.74) is 6.88. The van der Waals surface area contributed by atoms with E-state index in [0.717, 1.165) is 31.5 Å². The van der Waals surface area contributed by atoms with Crippen LogP contribution in [0.25, 0.3) is 0 Å². The molecule has 20 heavy (non-hydrogen) atoms. The van der Waals surface area contributed by atoms with Crippen LogP contribution in [0, 0.1) is 0 Å². The number of rotatable bonds is 4. The third-order valence-corrected chi connectivity index (χ3v) is 3.96. The minimum atomic E-state index is -0.0340. The van der Waals surface area contributed by atoms with Crippen LogP contribution < -0.4 is 11.1 Å². The Balaban J connectivity index is 1.82. The van der Waals surface area contributed by atoms with Gasteiger partial charge in [-0.2, -0.15) is 0 Å². The van der Waals surface area contributed by atoms with Gasteiger partial charge in [-0.05, 0) is 37.5 Å². The Hall–Kier alpha value is -1.10. The first kappa shape index (κ1) is 15.3. The molecule has 1 aliphatic heterocycles. The summed E-state index contributed by atoms with van der Waals surface area (Å²) in [6.45, 7) is 4.22. The van der Waals surface area contributed by atoms with Gasteiger partial charge in [-0.3, -0.25) is 9.69 Å². The van der Waals surface area contributed by atoms with E-state index in [4.69, 9.17) is 17.3 Å². The first-order valence-corrected chi connectivity index (χ1v) is 7.45. The van der Waals surface area contributed by atoms with Crippen LogP contribution in [0.1, 0.15) is 31.4 Å². The van der Waals surface area contributed by atoms with E-state index in [1.807, 2.05) is 31.2 Å². The summed E-state index contributed by atoms with van der Waals surface area (Å²) in [7, 11) is 0. The number of halogens is 1. The molecule has 0 radical (unpaired) electrons. The molecule has 1 amide bonds. The molecule has 0 aliphatic carbocycles. The van der Waals surface area contributed by atoms with Crippen LogP contribution in [0.3, 0.4) is 0 Å². The van der Waals surface area contributed by atoms with Crippen molar-refractivity contribution in [1.82, 2.24) is 10.2 Å². The fraction of sp³-hybridized carbons (Fsp3) is 0.533. The largest absolute Gasteiger partial charge is 0.348 e. The Labute approximate surface area is 125 Å².